The SMILES string of the molecule is CCOC(=O)/C(C#N)=C(\Cc1ccccc1)c1ccccc1. The first-order valence-electron chi connectivity index (χ1n) is 7.16. The van der Waals surface area contributed by atoms with Crippen LogP contribution in [0.15, 0.2) is 66.2 Å². The minimum atomic E-state index is -0.570. The summed E-state index contributed by atoms with van der Waals surface area (Å²) in [5.74, 6) is -0.570. The van der Waals surface area contributed by atoms with Crippen LogP contribution in [-0.4, -0.2) is 12.6 Å². The number of esters is 1. The first kappa shape index (κ1) is 15.5. The lowest BCUT2D eigenvalue weighted by molar-refractivity contribution is -0.137. The highest BCUT2D eigenvalue weighted by Gasteiger charge is 2.18. The van der Waals surface area contributed by atoms with Crippen LogP contribution < -0.4 is 0 Å². The van der Waals surface area contributed by atoms with Crippen molar-refractivity contribution in [3.63, 3.8) is 0 Å². The minimum absolute atomic E-state index is 0.0666. The third kappa shape index (κ3) is 3.83. The van der Waals surface area contributed by atoms with Gasteiger partial charge >= 0.3 is 5.97 Å². The largest absolute Gasteiger partial charge is 0.462 e. The average molecular weight is 291 g/mol. The summed E-state index contributed by atoms with van der Waals surface area (Å²) in [5, 5.41) is 9.42. The Bertz CT molecular complexity index is 697. The van der Waals surface area contributed by atoms with E-state index in [4.69, 9.17) is 4.74 Å². The van der Waals surface area contributed by atoms with Crippen molar-refractivity contribution in [3.8, 4) is 6.07 Å². The molecule has 110 valence electrons. The van der Waals surface area contributed by atoms with Gasteiger partial charge < -0.3 is 4.74 Å². The van der Waals surface area contributed by atoms with E-state index >= 15 is 0 Å². The molecule has 3 heteroatoms. The summed E-state index contributed by atoms with van der Waals surface area (Å²) in [4.78, 5) is 12.1. The number of nitriles is 1. The molecule has 0 saturated carbocycles. The Balaban J connectivity index is 2.50. The number of rotatable bonds is 5. The fraction of sp³-hybridized carbons (Fsp3) is 0.158. The Morgan fingerprint density at radius 3 is 2.18 bits per heavy atom. The molecule has 0 aliphatic carbocycles. The van der Waals surface area contributed by atoms with E-state index in [0.29, 0.717) is 12.0 Å². The fourth-order valence-corrected chi connectivity index (χ4v) is 2.21. The highest BCUT2D eigenvalue weighted by atomic mass is 16.5. The second kappa shape index (κ2) is 7.80. The Morgan fingerprint density at radius 1 is 1.05 bits per heavy atom. The van der Waals surface area contributed by atoms with Gasteiger partial charge in [0, 0.05) is 0 Å². The van der Waals surface area contributed by atoms with E-state index in [9.17, 15) is 10.1 Å². The van der Waals surface area contributed by atoms with Gasteiger partial charge in [-0.1, -0.05) is 60.7 Å². The van der Waals surface area contributed by atoms with Crippen LogP contribution >= 0.6 is 0 Å². The molecule has 0 amide bonds. The maximum atomic E-state index is 12.1. The quantitative estimate of drug-likeness (QED) is 0.478. The van der Waals surface area contributed by atoms with E-state index in [1.54, 1.807) is 6.92 Å². The molecule has 0 spiro atoms. The highest BCUT2D eigenvalue weighted by molar-refractivity contribution is 6.02. The molecule has 0 heterocycles. The van der Waals surface area contributed by atoms with Gasteiger partial charge in [0.2, 0.25) is 0 Å². The zero-order valence-corrected chi connectivity index (χ0v) is 12.5. The second-order valence-corrected chi connectivity index (χ2v) is 4.71. The average Bonchev–Trinajstić information content (AvgIpc) is 2.56. The zero-order valence-electron chi connectivity index (χ0n) is 12.5. The summed E-state index contributed by atoms with van der Waals surface area (Å²) >= 11 is 0. The van der Waals surface area contributed by atoms with Gasteiger partial charge in [0.15, 0.2) is 0 Å². The first-order chi connectivity index (χ1) is 10.8. The molecule has 0 aromatic heterocycles. The van der Waals surface area contributed by atoms with Crippen molar-refractivity contribution in [1.29, 1.82) is 5.26 Å². The van der Waals surface area contributed by atoms with Gasteiger partial charge in [-0.15, -0.1) is 0 Å². The maximum absolute atomic E-state index is 12.1. The summed E-state index contributed by atoms with van der Waals surface area (Å²) < 4.78 is 5.02. The summed E-state index contributed by atoms with van der Waals surface area (Å²) in [6.07, 6.45) is 0.507. The van der Waals surface area contributed by atoms with Crippen LogP contribution in [0.25, 0.3) is 5.57 Å². The Morgan fingerprint density at radius 2 is 1.64 bits per heavy atom. The number of carbonyl (C=O) groups excluding carboxylic acids is 1. The predicted octanol–water partition coefficient (Wildman–Crippen LogP) is 3.77. The van der Waals surface area contributed by atoms with Crippen molar-refractivity contribution in [2.45, 2.75) is 13.3 Å². The summed E-state index contributed by atoms with van der Waals surface area (Å²) in [7, 11) is 0. The molecule has 0 aliphatic rings. The smallest absolute Gasteiger partial charge is 0.349 e. The van der Waals surface area contributed by atoms with Crippen LogP contribution in [-0.2, 0) is 16.0 Å². The maximum Gasteiger partial charge on any atom is 0.349 e. The van der Waals surface area contributed by atoms with E-state index in [1.165, 1.54) is 0 Å². The van der Waals surface area contributed by atoms with Gasteiger partial charge in [-0.2, -0.15) is 5.26 Å². The molecule has 2 aromatic carbocycles. The molecular weight excluding hydrogens is 274 g/mol. The van der Waals surface area contributed by atoms with Crippen LogP contribution in [0.5, 0.6) is 0 Å². The monoisotopic (exact) mass is 291 g/mol. The van der Waals surface area contributed by atoms with E-state index in [-0.39, 0.29) is 12.2 Å². The van der Waals surface area contributed by atoms with Crippen LogP contribution in [0, 0.1) is 11.3 Å². The van der Waals surface area contributed by atoms with Crippen molar-refractivity contribution in [2.24, 2.45) is 0 Å². The first-order valence-corrected chi connectivity index (χ1v) is 7.16. The standard InChI is InChI=1S/C19H17NO2/c1-2-22-19(21)18(14-20)17(16-11-7-4-8-12-16)13-15-9-5-3-6-10-15/h3-12H,2,13H2,1H3/b18-17+. The number of carbonyl (C=O) groups is 1. The van der Waals surface area contributed by atoms with Crippen LogP contribution in [0.4, 0.5) is 0 Å². The molecule has 3 nitrogen and oxygen atoms in total. The Kier molecular flexibility index (Phi) is 5.50. The molecule has 0 bridgehead atoms. The number of hydrogen-bond donors (Lipinski definition) is 0. The third-order valence-corrected chi connectivity index (χ3v) is 3.24. The Hall–Kier alpha value is -2.86. The van der Waals surface area contributed by atoms with Crippen LogP contribution in [0.3, 0.4) is 0 Å². The second-order valence-electron chi connectivity index (χ2n) is 4.71. The summed E-state index contributed by atoms with van der Waals surface area (Å²) in [5.41, 5.74) is 2.65. The Labute approximate surface area is 130 Å². The molecule has 0 unspecified atom stereocenters. The summed E-state index contributed by atoms with van der Waals surface area (Å²) in [6.45, 7) is 1.98. The summed E-state index contributed by atoms with van der Waals surface area (Å²) in [6, 6.07) is 21.3. The number of nitrogens with zero attached hydrogens (tertiary/aromatic N) is 1. The lowest BCUT2D eigenvalue weighted by Crippen LogP contribution is -2.10. The lowest BCUT2D eigenvalue weighted by atomic mass is 9.94. The third-order valence-electron chi connectivity index (χ3n) is 3.24. The molecule has 0 radical (unpaired) electrons. The predicted molar refractivity (Wildman–Crippen MR) is 85.8 cm³/mol. The van der Waals surface area contributed by atoms with Crippen molar-refractivity contribution < 1.29 is 9.53 Å². The van der Waals surface area contributed by atoms with Gasteiger partial charge in [-0.3, -0.25) is 0 Å². The molecular formula is C19H17NO2. The van der Waals surface area contributed by atoms with Gasteiger partial charge in [0.25, 0.3) is 0 Å². The molecule has 0 aliphatic heterocycles. The molecule has 2 rings (SSSR count). The van der Waals surface area contributed by atoms with Crippen molar-refractivity contribution in [1.82, 2.24) is 0 Å². The number of allylic oxidation sites excluding steroid dienone is 1. The van der Waals surface area contributed by atoms with Crippen LogP contribution in [0.1, 0.15) is 18.1 Å². The van der Waals surface area contributed by atoms with Crippen molar-refractivity contribution in [3.05, 3.63) is 77.4 Å². The zero-order chi connectivity index (χ0) is 15.8. The van der Waals surface area contributed by atoms with E-state index < -0.39 is 5.97 Å². The van der Waals surface area contributed by atoms with Gasteiger partial charge in [-0.05, 0) is 30.0 Å². The van der Waals surface area contributed by atoms with E-state index in [0.717, 1.165) is 11.1 Å². The fourth-order valence-electron chi connectivity index (χ4n) is 2.21. The van der Waals surface area contributed by atoms with Crippen molar-refractivity contribution in [2.75, 3.05) is 6.61 Å². The molecule has 0 fully saturated rings. The molecule has 0 N–H and O–H groups in total. The van der Waals surface area contributed by atoms with Crippen molar-refractivity contribution >= 4 is 11.5 Å². The molecule has 0 saturated heterocycles. The van der Waals surface area contributed by atoms with Gasteiger partial charge in [0.1, 0.15) is 11.6 Å². The molecule has 22 heavy (non-hydrogen) atoms. The number of ether oxygens (including phenoxy) is 1. The number of benzene rings is 2. The minimum Gasteiger partial charge on any atom is -0.462 e. The normalized spacial score (nSPS) is 11.3. The molecule has 0 atom stereocenters. The highest BCUT2D eigenvalue weighted by Crippen LogP contribution is 2.24. The lowest BCUT2D eigenvalue weighted by Gasteiger charge is -2.11. The van der Waals surface area contributed by atoms with Gasteiger partial charge in [0.05, 0.1) is 6.61 Å². The number of hydrogen-bond acceptors (Lipinski definition) is 3. The molecule has 2 aromatic rings. The van der Waals surface area contributed by atoms with Crippen LogP contribution in [0.2, 0.25) is 0 Å². The van der Waals surface area contributed by atoms with Gasteiger partial charge in [-0.25, -0.2) is 4.79 Å². The van der Waals surface area contributed by atoms with E-state index in [2.05, 4.69) is 0 Å². The topological polar surface area (TPSA) is 50.1 Å². The van der Waals surface area contributed by atoms with E-state index in [1.807, 2.05) is 66.7 Å².